The van der Waals surface area contributed by atoms with Crippen molar-refractivity contribution < 1.29 is 13.2 Å². The van der Waals surface area contributed by atoms with Crippen LogP contribution in [0.4, 0.5) is 0 Å². The molecule has 2 saturated heterocycles. The molecule has 28 heavy (non-hydrogen) atoms. The summed E-state index contributed by atoms with van der Waals surface area (Å²) in [5, 5.41) is 6.56. The van der Waals surface area contributed by atoms with Gasteiger partial charge in [-0.3, -0.25) is 9.89 Å². The average molecular weight is 532 g/mol. The van der Waals surface area contributed by atoms with Crippen LogP contribution in [0.1, 0.15) is 40.0 Å². The van der Waals surface area contributed by atoms with Crippen LogP contribution in [0.15, 0.2) is 4.99 Å². The highest BCUT2D eigenvalue weighted by Crippen LogP contribution is 2.18. The number of rotatable bonds is 8. The molecule has 3 atom stereocenters. The fourth-order valence-corrected chi connectivity index (χ4v) is 4.50. The molecule has 0 aromatic carbocycles. The van der Waals surface area contributed by atoms with Crippen LogP contribution in [0.2, 0.25) is 0 Å². The number of likely N-dealkylation sites (tertiary alicyclic amines) is 1. The summed E-state index contributed by atoms with van der Waals surface area (Å²) >= 11 is 0. The van der Waals surface area contributed by atoms with E-state index in [1.807, 2.05) is 0 Å². The van der Waals surface area contributed by atoms with Crippen molar-refractivity contribution in [2.24, 2.45) is 10.9 Å². The van der Waals surface area contributed by atoms with Crippen LogP contribution >= 0.6 is 24.0 Å². The predicted octanol–water partition coefficient (Wildman–Crippen LogP) is 0.987. The van der Waals surface area contributed by atoms with Gasteiger partial charge in [-0.15, -0.1) is 24.0 Å². The van der Waals surface area contributed by atoms with Crippen LogP contribution in [-0.4, -0.2) is 83.1 Å². The van der Waals surface area contributed by atoms with Crippen molar-refractivity contribution in [2.45, 2.75) is 58.2 Å². The van der Waals surface area contributed by atoms with Gasteiger partial charge in [-0.25, -0.2) is 13.1 Å². The van der Waals surface area contributed by atoms with Gasteiger partial charge in [0.1, 0.15) is 0 Å². The molecule has 0 spiro atoms. The quantitative estimate of drug-likeness (QED) is 0.246. The van der Waals surface area contributed by atoms with Crippen LogP contribution in [0, 0.1) is 5.92 Å². The van der Waals surface area contributed by atoms with Crippen LogP contribution in [0.25, 0.3) is 0 Å². The lowest BCUT2D eigenvalue weighted by Gasteiger charge is -2.23. The Labute approximate surface area is 187 Å². The average Bonchev–Trinajstić information content (AvgIpc) is 3.01. The lowest BCUT2D eigenvalue weighted by atomic mass is 10.1. The zero-order valence-electron chi connectivity index (χ0n) is 17.6. The van der Waals surface area contributed by atoms with Gasteiger partial charge in [0, 0.05) is 51.9 Å². The van der Waals surface area contributed by atoms with E-state index in [0.717, 1.165) is 39.0 Å². The molecule has 2 rings (SSSR count). The summed E-state index contributed by atoms with van der Waals surface area (Å²) in [6, 6.07) is 0.843. The zero-order chi connectivity index (χ0) is 19.9. The Bertz CT molecular complexity index is 582. The highest BCUT2D eigenvalue weighted by atomic mass is 127. The number of ether oxygens (including phenoxy) is 1. The minimum absolute atomic E-state index is 0. The van der Waals surface area contributed by atoms with Crippen molar-refractivity contribution in [3.63, 3.8) is 0 Å². The van der Waals surface area contributed by atoms with E-state index in [2.05, 4.69) is 46.0 Å². The molecule has 2 aliphatic rings. The summed E-state index contributed by atoms with van der Waals surface area (Å²) in [6.07, 6.45) is 3.09. The highest BCUT2D eigenvalue weighted by molar-refractivity contribution is 14.0. The smallest absolute Gasteiger partial charge is 0.213 e. The molecule has 0 amide bonds. The summed E-state index contributed by atoms with van der Waals surface area (Å²) in [6.45, 7) is 10.1. The van der Waals surface area contributed by atoms with Crippen molar-refractivity contribution in [1.82, 2.24) is 20.3 Å². The molecular weight excluding hydrogens is 493 g/mol. The Morgan fingerprint density at radius 2 is 2.04 bits per heavy atom. The normalized spacial score (nSPS) is 26.9. The van der Waals surface area contributed by atoms with E-state index in [1.165, 1.54) is 0 Å². The first-order valence-electron chi connectivity index (χ1n) is 10.1. The van der Waals surface area contributed by atoms with E-state index < -0.39 is 10.0 Å². The zero-order valence-corrected chi connectivity index (χ0v) is 20.8. The van der Waals surface area contributed by atoms with Gasteiger partial charge in [-0.05, 0) is 39.0 Å². The lowest BCUT2D eigenvalue weighted by molar-refractivity contribution is 0.0200. The molecule has 2 fully saturated rings. The number of sulfonamides is 1. The molecule has 0 radical (unpaired) electrons. The SMILES string of the molecule is CN=C(NCCS(=O)(=O)NCC1CCCCO1)NC1CN(C(C)C)CC1C.I. The van der Waals surface area contributed by atoms with E-state index in [9.17, 15) is 8.42 Å². The minimum Gasteiger partial charge on any atom is -0.377 e. The molecule has 0 aliphatic carbocycles. The maximum Gasteiger partial charge on any atom is 0.213 e. The standard InChI is InChI=1S/C18H37N5O3S.HI/c1-14(2)23-12-15(3)17(13-23)22-18(19-4)20-8-10-27(24,25)21-11-16-7-5-6-9-26-16;/h14-17,21H,5-13H2,1-4H3,(H2,19,20,22);1H. The van der Waals surface area contributed by atoms with Gasteiger partial charge >= 0.3 is 0 Å². The molecule has 0 bridgehead atoms. The Hall–Kier alpha value is -0.170. The molecular formula is C18H38IN5O3S. The Balaban J connectivity index is 0.00000392. The molecule has 3 N–H and O–H groups in total. The summed E-state index contributed by atoms with van der Waals surface area (Å²) < 4.78 is 32.6. The second kappa shape index (κ2) is 12.5. The Kier molecular flexibility index (Phi) is 11.6. The van der Waals surface area contributed by atoms with Gasteiger partial charge in [0.2, 0.25) is 10.0 Å². The van der Waals surface area contributed by atoms with E-state index >= 15 is 0 Å². The summed E-state index contributed by atoms with van der Waals surface area (Å²) in [4.78, 5) is 6.68. The third-order valence-electron chi connectivity index (χ3n) is 5.38. The van der Waals surface area contributed by atoms with Gasteiger partial charge in [0.25, 0.3) is 0 Å². The van der Waals surface area contributed by atoms with Crippen molar-refractivity contribution in [3.8, 4) is 0 Å². The number of nitrogens with one attached hydrogen (secondary N) is 3. The third kappa shape index (κ3) is 8.68. The first-order chi connectivity index (χ1) is 12.8. The van der Waals surface area contributed by atoms with E-state index in [1.54, 1.807) is 7.05 Å². The summed E-state index contributed by atoms with van der Waals surface area (Å²) in [7, 11) is -1.62. The second-order valence-corrected chi connectivity index (χ2v) is 9.86. The van der Waals surface area contributed by atoms with Gasteiger partial charge in [0.05, 0.1) is 11.9 Å². The van der Waals surface area contributed by atoms with Gasteiger partial charge in [0.15, 0.2) is 5.96 Å². The Morgan fingerprint density at radius 3 is 2.61 bits per heavy atom. The molecule has 2 aliphatic heterocycles. The van der Waals surface area contributed by atoms with Crippen molar-refractivity contribution in [3.05, 3.63) is 0 Å². The van der Waals surface area contributed by atoms with Crippen molar-refractivity contribution in [1.29, 1.82) is 0 Å². The molecule has 0 saturated carbocycles. The first kappa shape index (κ1) is 25.9. The number of halogens is 1. The van der Waals surface area contributed by atoms with Crippen LogP contribution < -0.4 is 15.4 Å². The highest BCUT2D eigenvalue weighted by Gasteiger charge is 2.31. The van der Waals surface area contributed by atoms with Gasteiger partial charge in [-0.2, -0.15) is 0 Å². The molecule has 0 aromatic rings. The van der Waals surface area contributed by atoms with E-state index in [-0.39, 0.29) is 35.8 Å². The van der Waals surface area contributed by atoms with E-state index in [4.69, 9.17) is 4.74 Å². The Morgan fingerprint density at radius 1 is 1.29 bits per heavy atom. The predicted molar refractivity (Wildman–Crippen MR) is 125 cm³/mol. The lowest BCUT2D eigenvalue weighted by Crippen LogP contribution is -2.48. The fourth-order valence-electron chi connectivity index (χ4n) is 3.55. The molecule has 166 valence electrons. The monoisotopic (exact) mass is 531 g/mol. The molecule has 3 unspecified atom stereocenters. The summed E-state index contributed by atoms with van der Waals surface area (Å²) in [5.74, 6) is 1.19. The second-order valence-electron chi connectivity index (χ2n) is 7.93. The number of hydrogen-bond donors (Lipinski definition) is 3. The maximum atomic E-state index is 12.2. The van der Waals surface area contributed by atoms with Crippen molar-refractivity contribution >= 4 is 40.0 Å². The first-order valence-corrected chi connectivity index (χ1v) is 11.8. The molecule has 0 aromatic heterocycles. The van der Waals surface area contributed by atoms with Crippen LogP contribution in [-0.2, 0) is 14.8 Å². The van der Waals surface area contributed by atoms with Crippen LogP contribution in [0.5, 0.6) is 0 Å². The fraction of sp³-hybridized carbons (Fsp3) is 0.944. The van der Waals surface area contributed by atoms with Gasteiger partial charge in [-0.1, -0.05) is 6.92 Å². The minimum atomic E-state index is -3.33. The number of hydrogen-bond acceptors (Lipinski definition) is 5. The molecule has 2 heterocycles. The largest absolute Gasteiger partial charge is 0.377 e. The summed E-state index contributed by atoms with van der Waals surface area (Å²) in [5.41, 5.74) is 0. The number of nitrogens with zero attached hydrogens (tertiary/aromatic N) is 2. The topological polar surface area (TPSA) is 95.1 Å². The van der Waals surface area contributed by atoms with Gasteiger partial charge < -0.3 is 15.4 Å². The molecule has 10 heteroatoms. The van der Waals surface area contributed by atoms with Crippen molar-refractivity contribution in [2.75, 3.05) is 45.6 Å². The third-order valence-corrected chi connectivity index (χ3v) is 6.73. The molecule has 8 nitrogen and oxygen atoms in total. The maximum absolute atomic E-state index is 12.2. The number of guanidine groups is 1. The van der Waals surface area contributed by atoms with E-state index in [0.29, 0.717) is 37.1 Å². The van der Waals surface area contributed by atoms with Crippen LogP contribution in [0.3, 0.4) is 0 Å². The number of aliphatic imine (C=N–C) groups is 1.